The molecule has 1 aliphatic heterocycles. The summed E-state index contributed by atoms with van der Waals surface area (Å²) < 4.78 is 56.1. The first-order valence-corrected chi connectivity index (χ1v) is 6.89. The summed E-state index contributed by atoms with van der Waals surface area (Å²) in [6.07, 6.45) is -4.88. The highest BCUT2D eigenvalue weighted by molar-refractivity contribution is 5.95. The molecule has 1 aromatic rings. The Labute approximate surface area is 130 Å². The number of nitrogens with zero attached hydrogens (tertiary/aromatic N) is 1. The summed E-state index contributed by atoms with van der Waals surface area (Å²) in [5.41, 5.74) is -1.75. The highest BCUT2D eigenvalue weighted by Gasteiger charge is 2.39. The fourth-order valence-electron chi connectivity index (χ4n) is 2.65. The maximum atomic E-state index is 13.3. The van der Waals surface area contributed by atoms with Crippen LogP contribution in [-0.4, -0.2) is 37.0 Å². The number of amides is 1. The summed E-state index contributed by atoms with van der Waals surface area (Å²) >= 11 is 0. The second kappa shape index (κ2) is 6.17. The average molecular weight is 333 g/mol. The molecule has 2 atom stereocenters. The van der Waals surface area contributed by atoms with Gasteiger partial charge in [-0.3, -0.25) is 9.59 Å². The number of carbonyl (C=O) groups excluding carboxylic acids is 2. The van der Waals surface area contributed by atoms with Gasteiger partial charge in [0.25, 0.3) is 5.91 Å². The highest BCUT2D eigenvalue weighted by Crippen LogP contribution is 2.33. The Morgan fingerprint density at radius 1 is 1.26 bits per heavy atom. The van der Waals surface area contributed by atoms with Crippen LogP contribution in [0, 0.1) is 17.7 Å². The van der Waals surface area contributed by atoms with Crippen LogP contribution in [-0.2, 0) is 15.7 Å². The zero-order chi connectivity index (χ0) is 17.4. The number of alkyl halides is 3. The molecular weight excluding hydrogens is 318 g/mol. The molecule has 1 saturated heterocycles. The van der Waals surface area contributed by atoms with E-state index in [0.717, 1.165) is 6.07 Å². The van der Waals surface area contributed by atoms with E-state index in [-0.39, 0.29) is 24.6 Å². The van der Waals surface area contributed by atoms with Crippen molar-refractivity contribution in [1.82, 2.24) is 4.90 Å². The Kier molecular flexibility index (Phi) is 4.63. The van der Waals surface area contributed by atoms with Crippen molar-refractivity contribution in [2.75, 3.05) is 20.2 Å². The van der Waals surface area contributed by atoms with Crippen LogP contribution in [0.3, 0.4) is 0 Å². The lowest BCUT2D eigenvalue weighted by atomic mass is 9.99. The minimum absolute atomic E-state index is 0.0609. The zero-order valence-corrected chi connectivity index (χ0v) is 12.5. The molecule has 1 amide bonds. The standard InChI is InChI=1S/C15H15F4NO3/c1-8-6-20(7-10(8)14(22)23-2)13(21)9-3-4-12(16)11(5-9)15(17,18)19/h3-5,8,10H,6-7H2,1-2H3/t8-,10-/m1/s1. The van der Waals surface area contributed by atoms with Crippen molar-refractivity contribution in [3.63, 3.8) is 0 Å². The van der Waals surface area contributed by atoms with E-state index in [9.17, 15) is 27.2 Å². The minimum Gasteiger partial charge on any atom is -0.469 e. The first kappa shape index (κ1) is 17.2. The van der Waals surface area contributed by atoms with E-state index < -0.39 is 35.4 Å². The van der Waals surface area contributed by atoms with Gasteiger partial charge >= 0.3 is 12.1 Å². The van der Waals surface area contributed by atoms with Crippen molar-refractivity contribution in [3.8, 4) is 0 Å². The second-order valence-corrected chi connectivity index (χ2v) is 5.51. The Hall–Kier alpha value is -2.12. The lowest BCUT2D eigenvalue weighted by Gasteiger charge is -2.17. The molecule has 1 fully saturated rings. The molecule has 0 aliphatic carbocycles. The van der Waals surface area contributed by atoms with Crippen LogP contribution in [0.5, 0.6) is 0 Å². The van der Waals surface area contributed by atoms with Gasteiger partial charge < -0.3 is 9.64 Å². The largest absolute Gasteiger partial charge is 0.469 e. The smallest absolute Gasteiger partial charge is 0.419 e. The van der Waals surface area contributed by atoms with Gasteiger partial charge in [-0.2, -0.15) is 13.2 Å². The summed E-state index contributed by atoms with van der Waals surface area (Å²) in [6, 6.07) is 2.12. The molecule has 0 radical (unpaired) electrons. The number of likely N-dealkylation sites (tertiary alicyclic amines) is 1. The summed E-state index contributed by atoms with van der Waals surface area (Å²) in [4.78, 5) is 25.2. The third kappa shape index (κ3) is 3.46. The molecule has 8 heteroatoms. The van der Waals surface area contributed by atoms with Crippen LogP contribution in [0.1, 0.15) is 22.8 Å². The third-order valence-electron chi connectivity index (χ3n) is 3.92. The first-order chi connectivity index (χ1) is 10.6. The Bertz CT molecular complexity index is 630. The summed E-state index contributed by atoms with van der Waals surface area (Å²) in [7, 11) is 1.23. The van der Waals surface area contributed by atoms with Crippen molar-refractivity contribution in [1.29, 1.82) is 0 Å². The van der Waals surface area contributed by atoms with Gasteiger partial charge in [0.15, 0.2) is 0 Å². The number of hydrogen-bond donors (Lipinski definition) is 0. The SMILES string of the molecule is COC(=O)[C@@H]1CN(C(=O)c2ccc(F)c(C(F)(F)F)c2)C[C@H]1C. The van der Waals surface area contributed by atoms with E-state index in [1.165, 1.54) is 12.0 Å². The van der Waals surface area contributed by atoms with E-state index in [4.69, 9.17) is 0 Å². The van der Waals surface area contributed by atoms with Crippen molar-refractivity contribution in [2.45, 2.75) is 13.1 Å². The van der Waals surface area contributed by atoms with Crippen LogP contribution in [0.25, 0.3) is 0 Å². The topological polar surface area (TPSA) is 46.6 Å². The number of benzene rings is 1. The fourth-order valence-corrected chi connectivity index (χ4v) is 2.65. The molecule has 0 N–H and O–H groups in total. The lowest BCUT2D eigenvalue weighted by Crippen LogP contribution is -2.30. The molecule has 0 spiro atoms. The van der Waals surface area contributed by atoms with Gasteiger partial charge in [0.05, 0.1) is 18.6 Å². The van der Waals surface area contributed by atoms with E-state index in [0.29, 0.717) is 12.1 Å². The maximum Gasteiger partial charge on any atom is 0.419 e. The molecule has 1 aromatic carbocycles. The maximum absolute atomic E-state index is 13.3. The average Bonchev–Trinajstić information content (AvgIpc) is 2.87. The number of rotatable bonds is 2. The molecule has 0 saturated carbocycles. The Morgan fingerprint density at radius 3 is 2.48 bits per heavy atom. The minimum atomic E-state index is -4.88. The summed E-state index contributed by atoms with van der Waals surface area (Å²) in [6.45, 7) is 2.03. The van der Waals surface area contributed by atoms with Gasteiger partial charge in [0.2, 0.25) is 0 Å². The molecule has 1 heterocycles. The van der Waals surface area contributed by atoms with Crippen LogP contribution in [0.15, 0.2) is 18.2 Å². The third-order valence-corrected chi connectivity index (χ3v) is 3.92. The molecule has 0 bridgehead atoms. The van der Waals surface area contributed by atoms with Crippen molar-refractivity contribution < 1.29 is 31.9 Å². The number of methoxy groups -OCH3 is 1. The predicted molar refractivity (Wildman–Crippen MR) is 72.0 cm³/mol. The van der Waals surface area contributed by atoms with Crippen LogP contribution in [0.2, 0.25) is 0 Å². The Balaban J connectivity index is 2.24. The fraction of sp³-hybridized carbons (Fsp3) is 0.467. The van der Waals surface area contributed by atoms with Crippen molar-refractivity contribution in [3.05, 3.63) is 35.1 Å². The lowest BCUT2D eigenvalue weighted by molar-refractivity contribution is -0.146. The zero-order valence-electron chi connectivity index (χ0n) is 12.5. The number of esters is 1. The number of carbonyl (C=O) groups is 2. The van der Waals surface area contributed by atoms with Gasteiger partial charge in [-0.05, 0) is 24.1 Å². The number of ether oxygens (including phenoxy) is 1. The quantitative estimate of drug-likeness (QED) is 0.618. The molecule has 0 unspecified atom stereocenters. The van der Waals surface area contributed by atoms with Gasteiger partial charge in [-0.1, -0.05) is 6.92 Å². The monoisotopic (exact) mass is 333 g/mol. The molecule has 0 aromatic heterocycles. The van der Waals surface area contributed by atoms with E-state index in [1.54, 1.807) is 6.92 Å². The van der Waals surface area contributed by atoms with Crippen LogP contribution >= 0.6 is 0 Å². The predicted octanol–water partition coefficient (Wildman–Crippen LogP) is 2.73. The van der Waals surface area contributed by atoms with Gasteiger partial charge in [-0.25, -0.2) is 4.39 Å². The second-order valence-electron chi connectivity index (χ2n) is 5.51. The van der Waals surface area contributed by atoms with Gasteiger partial charge in [0.1, 0.15) is 5.82 Å². The molecule has 2 rings (SSSR count). The first-order valence-electron chi connectivity index (χ1n) is 6.89. The van der Waals surface area contributed by atoms with Crippen LogP contribution < -0.4 is 0 Å². The molecule has 23 heavy (non-hydrogen) atoms. The number of hydrogen-bond acceptors (Lipinski definition) is 3. The van der Waals surface area contributed by atoms with Crippen molar-refractivity contribution in [2.24, 2.45) is 11.8 Å². The Morgan fingerprint density at radius 2 is 1.91 bits per heavy atom. The highest BCUT2D eigenvalue weighted by atomic mass is 19.4. The number of halogens is 4. The molecule has 4 nitrogen and oxygen atoms in total. The molecule has 1 aliphatic rings. The summed E-state index contributed by atoms with van der Waals surface area (Å²) in [5.74, 6) is -3.27. The normalized spacial score (nSPS) is 21.4. The van der Waals surface area contributed by atoms with Crippen molar-refractivity contribution >= 4 is 11.9 Å². The van der Waals surface area contributed by atoms with Gasteiger partial charge in [-0.15, -0.1) is 0 Å². The van der Waals surface area contributed by atoms with Gasteiger partial charge in [0, 0.05) is 18.7 Å². The molecular formula is C15H15F4NO3. The summed E-state index contributed by atoms with van der Waals surface area (Å²) in [5, 5.41) is 0. The van der Waals surface area contributed by atoms with E-state index in [2.05, 4.69) is 4.74 Å². The van der Waals surface area contributed by atoms with Crippen LogP contribution in [0.4, 0.5) is 17.6 Å². The van der Waals surface area contributed by atoms with E-state index in [1.807, 2.05) is 0 Å². The molecule has 126 valence electrons. The van der Waals surface area contributed by atoms with E-state index >= 15 is 0 Å².